The first kappa shape index (κ1) is 11.0. The van der Waals surface area contributed by atoms with E-state index >= 15 is 0 Å². The summed E-state index contributed by atoms with van der Waals surface area (Å²) in [6.45, 7) is 0.402. The maximum atomic E-state index is 13.6. The molecule has 0 unspecified atom stereocenters. The van der Waals surface area contributed by atoms with Crippen molar-refractivity contribution in [2.45, 2.75) is 6.54 Å². The highest BCUT2D eigenvalue weighted by Gasteiger charge is 2.06. The predicted octanol–water partition coefficient (Wildman–Crippen LogP) is 3.97. The zero-order chi connectivity index (χ0) is 12.5. The molecule has 0 aliphatic rings. The molecular formula is C15H11F2N. The third kappa shape index (κ3) is 1.88. The molecule has 1 aromatic heterocycles. The van der Waals surface area contributed by atoms with E-state index in [4.69, 9.17) is 0 Å². The van der Waals surface area contributed by atoms with Gasteiger partial charge in [-0.15, -0.1) is 0 Å². The van der Waals surface area contributed by atoms with Gasteiger partial charge in [-0.05, 0) is 23.6 Å². The average Bonchev–Trinajstić information content (AvgIpc) is 2.76. The summed E-state index contributed by atoms with van der Waals surface area (Å²) < 4.78 is 28.4. The minimum Gasteiger partial charge on any atom is -0.343 e. The Bertz CT molecular complexity index is 701. The number of hydrogen-bond acceptors (Lipinski definition) is 0. The summed E-state index contributed by atoms with van der Waals surface area (Å²) in [7, 11) is 0. The fourth-order valence-corrected chi connectivity index (χ4v) is 2.11. The van der Waals surface area contributed by atoms with Crippen LogP contribution in [0.4, 0.5) is 8.78 Å². The highest BCUT2D eigenvalue weighted by molar-refractivity contribution is 5.80. The Hall–Kier alpha value is -2.16. The molecule has 1 heterocycles. The molecule has 90 valence electrons. The van der Waals surface area contributed by atoms with Crippen molar-refractivity contribution in [2.75, 3.05) is 0 Å². The number of hydrogen-bond donors (Lipinski definition) is 0. The maximum absolute atomic E-state index is 13.6. The molecule has 0 bridgehead atoms. The third-order valence-electron chi connectivity index (χ3n) is 3.04. The lowest BCUT2D eigenvalue weighted by molar-refractivity contribution is 0.567. The van der Waals surface area contributed by atoms with Crippen molar-refractivity contribution in [1.82, 2.24) is 4.57 Å². The molecule has 0 aliphatic carbocycles. The van der Waals surface area contributed by atoms with Crippen molar-refractivity contribution >= 4 is 10.9 Å². The van der Waals surface area contributed by atoms with E-state index in [2.05, 4.69) is 0 Å². The quantitative estimate of drug-likeness (QED) is 0.642. The molecule has 0 fully saturated rings. The molecule has 0 aliphatic heterocycles. The predicted molar refractivity (Wildman–Crippen MR) is 67.4 cm³/mol. The highest BCUT2D eigenvalue weighted by Crippen LogP contribution is 2.18. The number of benzene rings is 2. The SMILES string of the molecule is Fc1ccc(Cn2ccc3ccccc32)c(F)c1. The van der Waals surface area contributed by atoms with Crippen LogP contribution >= 0.6 is 0 Å². The second kappa shape index (κ2) is 4.26. The molecule has 1 nitrogen and oxygen atoms in total. The van der Waals surface area contributed by atoms with Gasteiger partial charge in [0.2, 0.25) is 0 Å². The standard InChI is InChI=1S/C15H11F2N/c16-13-6-5-12(14(17)9-13)10-18-8-7-11-3-1-2-4-15(11)18/h1-9H,10H2. The smallest absolute Gasteiger partial charge is 0.131 e. The van der Waals surface area contributed by atoms with Gasteiger partial charge in [-0.1, -0.05) is 24.3 Å². The van der Waals surface area contributed by atoms with Crippen LogP contribution in [0.3, 0.4) is 0 Å². The number of rotatable bonds is 2. The Morgan fingerprint density at radius 1 is 0.944 bits per heavy atom. The lowest BCUT2D eigenvalue weighted by atomic mass is 10.2. The van der Waals surface area contributed by atoms with Crippen LogP contribution in [0.25, 0.3) is 10.9 Å². The summed E-state index contributed by atoms with van der Waals surface area (Å²) in [4.78, 5) is 0. The summed E-state index contributed by atoms with van der Waals surface area (Å²) >= 11 is 0. The van der Waals surface area contributed by atoms with E-state index in [1.54, 1.807) is 0 Å². The zero-order valence-corrected chi connectivity index (χ0v) is 9.61. The first-order valence-corrected chi connectivity index (χ1v) is 5.72. The van der Waals surface area contributed by atoms with E-state index in [1.165, 1.54) is 12.1 Å². The molecule has 0 saturated heterocycles. The molecule has 0 atom stereocenters. The molecule has 0 amide bonds. The summed E-state index contributed by atoms with van der Waals surface area (Å²) in [5, 5.41) is 1.11. The van der Waals surface area contributed by atoms with E-state index in [0.717, 1.165) is 17.0 Å². The van der Waals surface area contributed by atoms with E-state index in [0.29, 0.717) is 12.1 Å². The van der Waals surface area contributed by atoms with Crippen LogP contribution in [-0.4, -0.2) is 4.57 Å². The molecule has 0 saturated carbocycles. The third-order valence-corrected chi connectivity index (χ3v) is 3.04. The Kier molecular flexibility index (Phi) is 2.59. The zero-order valence-electron chi connectivity index (χ0n) is 9.61. The molecule has 18 heavy (non-hydrogen) atoms. The van der Waals surface area contributed by atoms with Gasteiger partial charge in [-0.3, -0.25) is 0 Å². The van der Waals surface area contributed by atoms with Crippen LogP contribution in [0, 0.1) is 11.6 Å². The lowest BCUT2D eigenvalue weighted by Gasteiger charge is -2.06. The molecule has 0 spiro atoms. The molecule has 0 radical (unpaired) electrons. The van der Waals surface area contributed by atoms with E-state index < -0.39 is 11.6 Å². The van der Waals surface area contributed by atoms with Gasteiger partial charge in [0.05, 0.1) is 6.54 Å². The fraction of sp³-hybridized carbons (Fsp3) is 0.0667. The minimum atomic E-state index is -0.548. The molecule has 0 N–H and O–H groups in total. The monoisotopic (exact) mass is 243 g/mol. The number of aromatic nitrogens is 1. The van der Waals surface area contributed by atoms with Crippen molar-refractivity contribution in [3.8, 4) is 0 Å². The molecular weight excluding hydrogens is 232 g/mol. The van der Waals surface area contributed by atoms with Crippen LogP contribution in [0.5, 0.6) is 0 Å². The highest BCUT2D eigenvalue weighted by atomic mass is 19.1. The Labute approximate surface area is 103 Å². The molecule has 3 aromatic rings. The number of para-hydroxylation sites is 1. The van der Waals surface area contributed by atoms with Gasteiger partial charge in [-0.2, -0.15) is 0 Å². The summed E-state index contributed by atoms with van der Waals surface area (Å²) in [6.07, 6.45) is 1.91. The number of nitrogens with zero attached hydrogens (tertiary/aromatic N) is 1. The van der Waals surface area contributed by atoms with E-state index in [1.807, 2.05) is 41.1 Å². The van der Waals surface area contributed by atoms with E-state index in [9.17, 15) is 8.78 Å². The Morgan fingerprint density at radius 2 is 1.78 bits per heavy atom. The maximum Gasteiger partial charge on any atom is 0.131 e. The van der Waals surface area contributed by atoms with Gasteiger partial charge in [0, 0.05) is 23.3 Å². The van der Waals surface area contributed by atoms with Gasteiger partial charge in [0.25, 0.3) is 0 Å². The van der Waals surface area contributed by atoms with Crippen molar-refractivity contribution in [3.05, 3.63) is 71.9 Å². The van der Waals surface area contributed by atoms with Crippen LogP contribution in [0.2, 0.25) is 0 Å². The summed E-state index contributed by atoms with van der Waals surface area (Å²) in [5.74, 6) is -1.05. The normalized spacial score (nSPS) is 11.0. The minimum absolute atomic E-state index is 0.402. The lowest BCUT2D eigenvalue weighted by Crippen LogP contribution is -2.00. The average molecular weight is 243 g/mol. The van der Waals surface area contributed by atoms with E-state index in [-0.39, 0.29) is 0 Å². The number of halogens is 2. The first-order chi connectivity index (χ1) is 8.74. The summed E-state index contributed by atoms with van der Waals surface area (Å²) in [6, 6.07) is 13.6. The van der Waals surface area contributed by atoms with Gasteiger partial charge in [-0.25, -0.2) is 8.78 Å². The van der Waals surface area contributed by atoms with Crippen LogP contribution < -0.4 is 0 Å². The largest absolute Gasteiger partial charge is 0.343 e. The van der Waals surface area contributed by atoms with Gasteiger partial charge in [0.1, 0.15) is 11.6 Å². The van der Waals surface area contributed by atoms with Crippen LogP contribution in [-0.2, 0) is 6.54 Å². The fourth-order valence-electron chi connectivity index (χ4n) is 2.11. The van der Waals surface area contributed by atoms with Gasteiger partial charge < -0.3 is 4.57 Å². The van der Waals surface area contributed by atoms with Crippen molar-refractivity contribution in [2.24, 2.45) is 0 Å². The van der Waals surface area contributed by atoms with Crippen LogP contribution in [0.15, 0.2) is 54.7 Å². The Morgan fingerprint density at radius 3 is 2.61 bits per heavy atom. The molecule has 3 heteroatoms. The second-order valence-electron chi connectivity index (χ2n) is 4.24. The Balaban J connectivity index is 2.01. The first-order valence-electron chi connectivity index (χ1n) is 5.72. The van der Waals surface area contributed by atoms with Gasteiger partial charge in [0.15, 0.2) is 0 Å². The summed E-state index contributed by atoms with van der Waals surface area (Å²) in [5.41, 5.74) is 1.53. The molecule has 3 rings (SSSR count). The van der Waals surface area contributed by atoms with Crippen LogP contribution in [0.1, 0.15) is 5.56 Å². The van der Waals surface area contributed by atoms with Crippen molar-refractivity contribution in [1.29, 1.82) is 0 Å². The second-order valence-corrected chi connectivity index (χ2v) is 4.24. The van der Waals surface area contributed by atoms with Crippen molar-refractivity contribution < 1.29 is 8.78 Å². The number of fused-ring (bicyclic) bond motifs is 1. The molecule has 2 aromatic carbocycles. The van der Waals surface area contributed by atoms with Gasteiger partial charge >= 0.3 is 0 Å². The van der Waals surface area contributed by atoms with Crippen molar-refractivity contribution in [3.63, 3.8) is 0 Å². The topological polar surface area (TPSA) is 4.93 Å².